The number of hydrogen-bond donors (Lipinski definition) is 2. The Morgan fingerprint density at radius 3 is 2.44 bits per heavy atom. The van der Waals surface area contributed by atoms with E-state index in [0.717, 1.165) is 10.2 Å². The largest absolute Gasteiger partial charge is 0.497 e. The molecule has 2 aromatic carbocycles. The Balaban J connectivity index is 1.79. The van der Waals surface area contributed by atoms with Crippen LogP contribution in [0.4, 0.5) is 19.0 Å². The molecule has 2 aliphatic heterocycles. The molecule has 1 saturated heterocycles. The lowest BCUT2D eigenvalue weighted by Gasteiger charge is -2.56. The van der Waals surface area contributed by atoms with Gasteiger partial charge in [0.15, 0.2) is 18.1 Å². The van der Waals surface area contributed by atoms with Crippen LogP contribution in [0.1, 0.15) is 54.2 Å². The number of aliphatic hydroxyl groups is 1. The van der Waals surface area contributed by atoms with Crippen LogP contribution in [0.25, 0.3) is 5.70 Å². The summed E-state index contributed by atoms with van der Waals surface area (Å²) < 4.78 is 50.3. The molecule has 8 nitrogen and oxygen atoms in total. The van der Waals surface area contributed by atoms with Gasteiger partial charge in [-0.3, -0.25) is 9.80 Å². The molecule has 1 fully saturated rings. The maximum absolute atomic E-state index is 14.7. The molecule has 0 radical (unpaired) electrons. The minimum atomic E-state index is -4.67. The first-order valence-electron chi connectivity index (χ1n) is 13.5. The lowest BCUT2D eigenvalue weighted by atomic mass is 9.75. The summed E-state index contributed by atoms with van der Waals surface area (Å²) in [7, 11) is 1.52. The van der Waals surface area contributed by atoms with Gasteiger partial charge in [-0.25, -0.2) is 9.69 Å². The van der Waals surface area contributed by atoms with Crippen LogP contribution < -0.4 is 15.1 Å². The Bertz CT molecular complexity index is 1420. The second-order valence-corrected chi connectivity index (χ2v) is 10.8. The molecule has 3 heterocycles. The summed E-state index contributed by atoms with van der Waals surface area (Å²) in [5.74, 6) is 0.153. The smallest absolute Gasteiger partial charge is 0.414 e. The molecule has 5 rings (SSSR count). The average Bonchev–Trinajstić information content (AvgIpc) is 3.35. The zero-order valence-corrected chi connectivity index (χ0v) is 23.4. The van der Waals surface area contributed by atoms with Gasteiger partial charge in [-0.2, -0.15) is 18.3 Å². The number of carbonyl (C=O) groups excluding carboxylic acids is 1. The summed E-state index contributed by atoms with van der Waals surface area (Å²) in [6.07, 6.45) is -3.76. The van der Waals surface area contributed by atoms with Gasteiger partial charge in [0.2, 0.25) is 0 Å². The zero-order chi connectivity index (χ0) is 29.5. The maximum Gasteiger partial charge on any atom is 0.414 e. The first-order chi connectivity index (χ1) is 19.5. The third-order valence-corrected chi connectivity index (χ3v) is 8.16. The van der Waals surface area contributed by atoms with Gasteiger partial charge in [0, 0.05) is 25.6 Å². The molecule has 2 unspecified atom stereocenters. The van der Waals surface area contributed by atoms with E-state index >= 15 is 0 Å². The summed E-state index contributed by atoms with van der Waals surface area (Å²) in [5, 5.41) is 22.4. The zero-order valence-electron chi connectivity index (χ0n) is 23.4. The monoisotopic (exact) mass is 569 g/mol. The molecule has 2 N–H and O–H groups in total. The van der Waals surface area contributed by atoms with E-state index in [0.29, 0.717) is 42.9 Å². The van der Waals surface area contributed by atoms with E-state index < -0.39 is 29.8 Å². The lowest BCUT2D eigenvalue weighted by Crippen LogP contribution is -2.69. The van der Waals surface area contributed by atoms with Gasteiger partial charge in [-0.05, 0) is 61.7 Å². The number of fused-ring (bicyclic) bond motifs is 1. The summed E-state index contributed by atoms with van der Waals surface area (Å²) >= 11 is 0. The van der Waals surface area contributed by atoms with E-state index in [9.17, 15) is 23.1 Å². The molecule has 0 aliphatic carbocycles. The van der Waals surface area contributed by atoms with Crippen molar-refractivity contribution in [1.82, 2.24) is 20.1 Å². The highest BCUT2D eigenvalue weighted by Gasteiger charge is 2.54. The van der Waals surface area contributed by atoms with Crippen molar-refractivity contribution in [2.75, 3.05) is 31.8 Å². The van der Waals surface area contributed by atoms with E-state index in [1.54, 1.807) is 36.2 Å². The van der Waals surface area contributed by atoms with Crippen molar-refractivity contribution in [3.8, 4) is 5.75 Å². The second kappa shape index (κ2) is 11.0. The third kappa shape index (κ3) is 4.92. The average molecular weight is 570 g/mol. The number of anilines is 1. The van der Waals surface area contributed by atoms with E-state index in [1.807, 2.05) is 42.3 Å². The molecule has 41 heavy (non-hydrogen) atoms. The normalized spacial score (nSPS) is 23.2. The Hall–Kier alpha value is -3.67. The van der Waals surface area contributed by atoms with Crippen molar-refractivity contribution >= 4 is 17.8 Å². The molecule has 0 bridgehead atoms. The second-order valence-electron chi connectivity index (χ2n) is 10.8. The number of rotatable bonds is 7. The van der Waals surface area contributed by atoms with Crippen molar-refractivity contribution in [2.24, 2.45) is 0 Å². The number of allylic oxidation sites excluding steroid dienone is 1. The van der Waals surface area contributed by atoms with Crippen molar-refractivity contribution in [3.63, 3.8) is 0 Å². The van der Waals surface area contributed by atoms with Crippen molar-refractivity contribution in [1.29, 1.82) is 0 Å². The highest BCUT2D eigenvalue weighted by atomic mass is 19.4. The molecule has 11 heteroatoms. The number of ether oxygens (including phenoxy) is 1. The predicted octanol–water partition coefficient (Wildman–Crippen LogP) is 4.80. The van der Waals surface area contributed by atoms with Crippen LogP contribution in [0.3, 0.4) is 0 Å². The summed E-state index contributed by atoms with van der Waals surface area (Å²) in [4.78, 5) is 12.3. The SMILES string of the molecule is COc1ccc(C2=C(C)C(C(F)(F)F)n3ncc(C=O)c3N2N2CCNC[C@@]2(C)[C@@H](c2ccccc2)C(C)O)cc1. The number of aldehydes is 1. The van der Waals surface area contributed by atoms with Crippen LogP contribution in [-0.2, 0) is 0 Å². The molecule has 0 spiro atoms. The van der Waals surface area contributed by atoms with Crippen LogP contribution in [0, 0.1) is 0 Å². The van der Waals surface area contributed by atoms with Gasteiger partial charge in [-0.15, -0.1) is 0 Å². The van der Waals surface area contributed by atoms with E-state index in [-0.39, 0.29) is 17.0 Å². The topological polar surface area (TPSA) is 82.9 Å². The molecule has 0 amide bonds. The van der Waals surface area contributed by atoms with Gasteiger partial charge in [0.25, 0.3) is 0 Å². The minimum Gasteiger partial charge on any atom is -0.497 e. The predicted molar refractivity (Wildman–Crippen MR) is 150 cm³/mol. The number of nitrogens with one attached hydrogen (secondary N) is 1. The molecular formula is C30H34F3N5O3. The van der Waals surface area contributed by atoms with Crippen LogP contribution in [0.2, 0.25) is 0 Å². The van der Waals surface area contributed by atoms with Gasteiger partial charge in [0.1, 0.15) is 5.75 Å². The number of alkyl halides is 3. The standard InChI is InChI=1S/C30H34F3N5O3/c1-19-26(22-10-12-24(41-4)13-11-22)38(28-23(17-39)16-35-37(28)27(19)30(31,32)33)36-15-14-34-18-29(36,3)25(20(2)40)21-8-6-5-7-9-21/h5-13,16-17,20,25,27,34,40H,14-15,18H2,1-4H3/t20?,25-,27?,29+/m1/s1. The Labute approximate surface area is 237 Å². The van der Waals surface area contributed by atoms with Crippen molar-refractivity contribution < 1.29 is 27.8 Å². The summed E-state index contributed by atoms with van der Waals surface area (Å²) in [6, 6.07) is 14.3. The molecule has 3 aromatic rings. The van der Waals surface area contributed by atoms with Gasteiger partial charge < -0.3 is 15.2 Å². The van der Waals surface area contributed by atoms with Crippen LogP contribution in [0.5, 0.6) is 5.75 Å². The summed E-state index contributed by atoms with van der Waals surface area (Å²) in [5.41, 5.74) is 0.940. The molecule has 218 valence electrons. The number of benzene rings is 2. The van der Waals surface area contributed by atoms with Crippen LogP contribution >= 0.6 is 0 Å². The number of aromatic nitrogens is 2. The maximum atomic E-state index is 14.7. The highest BCUT2D eigenvalue weighted by Crippen LogP contribution is 2.50. The Morgan fingerprint density at radius 2 is 1.85 bits per heavy atom. The van der Waals surface area contributed by atoms with Gasteiger partial charge >= 0.3 is 6.18 Å². The lowest BCUT2D eigenvalue weighted by molar-refractivity contribution is -0.160. The Morgan fingerprint density at radius 1 is 1.17 bits per heavy atom. The molecular weight excluding hydrogens is 535 g/mol. The van der Waals surface area contributed by atoms with Crippen LogP contribution in [0.15, 0.2) is 66.4 Å². The Kier molecular flexibility index (Phi) is 7.71. The number of aliphatic hydroxyl groups excluding tert-OH is 1. The first-order valence-corrected chi connectivity index (χ1v) is 13.5. The van der Waals surface area contributed by atoms with E-state index in [2.05, 4.69) is 10.4 Å². The van der Waals surface area contributed by atoms with Crippen LogP contribution in [-0.4, -0.2) is 70.7 Å². The number of piperazine rings is 1. The quantitative estimate of drug-likeness (QED) is 0.396. The molecule has 4 atom stereocenters. The fourth-order valence-electron chi connectivity index (χ4n) is 6.45. The number of carbonyl (C=O) groups is 1. The summed E-state index contributed by atoms with van der Waals surface area (Å²) in [6.45, 7) is 6.52. The fraction of sp³-hybridized carbons (Fsp3) is 0.400. The third-order valence-electron chi connectivity index (χ3n) is 8.16. The van der Waals surface area contributed by atoms with Crippen molar-refractivity contribution in [3.05, 3.63) is 83.1 Å². The number of nitrogens with zero attached hydrogens (tertiary/aromatic N) is 4. The number of methoxy groups -OCH3 is 1. The number of hydrazine groups is 1. The van der Waals surface area contributed by atoms with Gasteiger partial charge in [0.05, 0.1) is 36.2 Å². The van der Waals surface area contributed by atoms with E-state index in [4.69, 9.17) is 4.74 Å². The molecule has 1 aromatic heterocycles. The fourth-order valence-corrected chi connectivity index (χ4v) is 6.45. The number of hydrogen-bond acceptors (Lipinski definition) is 7. The molecule has 0 saturated carbocycles. The van der Waals surface area contributed by atoms with E-state index in [1.165, 1.54) is 20.2 Å². The minimum absolute atomic E-state index is 0.0317. The number of halogens is 3. The first kappa shape index (κ1) is 28.8. The van der Waals surface area contributed by atoms with Gasteiger partial charge in [-0.1, -0.05) is 30.3 Å². The molecule has 2 aliphatic rings. The highest BCUT2D eigenvalue weighted by molar-refractivity contribution is 5.91. The van der Waals surface area contributed by atoms with Crippen molar-refractivity contribution in [2.45, 2.75) is 50.6 Å².